The molecule has 1 atom stereocenters. The zero-order valence-corrected chi connectivity index (χ0v) is 10.7. The molecule has 0 bridgehead atoms. The average molecular weight is 309 g/mol. The second kappa shape index (κ2) is 7.09. The highest BCUT2D eigenvalue weighted by atomic mass is 127. The number of hydrogen-bond donors (Lipinski definition) is 2. The summed E-state index contributed by atoms with van der Waals surface area (Å²) >= 11 is 2.07. The highest BCUT2D eigenvalue weighted by molar-refractivity contribution is 14.2. The summed E-state index contributed by atoms with van der Waals surface area (Å²) in [5.74, 6) is 0. The number of benzene rings is 1. The van der Waals surface area contributed by atoms with E-state index in [4.69, 9.17) is 11.5 Å². The maximum atomic E-state index is 5.61. The number of nitrogens with zero attached hydrogens (tertiary/aromatic N) is 1. The van der Waals surface area contributed by atoms with Crippen molar-refractivity contribution in [3.8, 4) is 0 Å². The highest BCUT2D eigenvalue weighted by Gasteiger charge is 1.94. The van der Waals surface area contributed by atoms with Gasteiger partial charge in [0.05, 0.1) is 17.7 Å². The number of aliphatic imine (C=N–C) groups is 1. The lowest BCUT2D eigenvalue weighted by Gasteiger charge is -1.99. The monoisotopic (exact) mass is 309 g/mol. The van der Waals surface area contributed by atoms with Gasteiger partial charge in [0.15, 0.2) is 0 Å². The van der Waals surface area contributed by atoms with E-state index in [1.54, 1.807) is 0 Å². The van der Waals surface area contributed by atoms with Crippen LogP contribution in [0.15, 0.2) is 23.2 Å². The molecule has 1 aromatic rings. The highest BCUT2D eigenvalue weighted by Crippen LogP contribution is 2.21. The Morgan fingerprint density at radius 3 is 2.62 bits per heavy atom. The molecule has 1 rings (SSSR count). The zero-order valence-electron chi connectivity index (χ0n) is 7.37. The van der Waals surface area contributed by atoms with E-state index < -0.39 is 0 Å². The van der Waals surface area contributed by atoms with Crippen molar-refractivity contribution in [1.82, 2.24) is 0 Å². The Bertz CT molecular complexity index is 289. The van der Waals surface area contributed by atoms with Crippen LogP contribution in [0.3, 0.4) is 0 Å². The van der Waals surface area contributed by atoms with E-state index in [1.165, 1.54) is 6.34 Å². The minimum absolute atomic E-state index is 0.650. The molecule has 1 unspecified atom stereocenters. The van der Waals surface area contributed by atoms with Crippen molar-refractivity contribution in [3.05, 3.63) is 23.8 Å². The van der Waals surface area contributed by atoms with E-state index >= 15 is 0 Å². The molecule has 72 valence electrons. The third-order valence-corrected chi connectivity index (χ3v) is 1.40. The van der Waals surface area contributed by atoms with E-state index in [2.05, 4.69) is 33.9 Å². The number of rotatable bonds is 1. The molecule has 0 spiro atoms. The van der Waals surface area contributed by atoms with Crippen molar-refractivity contribution < 1.29 is 0 Å². The predicted octanol–water partition coefficient (Wildman–Crippen LogP) is 2.41. The Balaban J connectivity index is 0.000000671. The molecule has 0 aromatic heterocycles. The molecule has 0 radical (unpaired) electrons. The Labute approximate surface area is 93.7 Å². The van der Waals surface area contributed by atoms with Crippen LogP contribution in [0.4, 0.5) is 11.4 Å². The van der Waals surface area contributed by atoms with Crippen LogP contribution in [-0.2, 0) is 0 Å². The van der Waals surface area contributed by atoms with Crippen LogP contribution < -0.4 is 11.5 Å². The summed E-state index contributed by atoms with van der Waals surface area (Å²) in [7, 11) is 0. The van der Waals surface area contributed by atoms with Crippen molar-refractivity contribution in [2.75, 3.05) is 5.73 Å². The molecule has 0 fully saturated rings. The molecule has 0 heterocycles. The number of nitrogen functional groups attached to an aromatic ring is 1. The standard InChI is InChI=1S/C8H11N3.H2IP/c1-6-2-3-7(10)8(4-6)11-5-9;1-2/h2-5H,10H2,1H3,(H2,9,11);2H2. The first-order valence-corrected chi connectivity index (χ1v) is 7.73. The second-order valence-electron chi connectivity index (χ2n) is 2.34. The van der Waals surface area contributed by atoms with Crippen molar-refractivity contribution in [2.45, 2.75) is 6.92 Å². The number of hydrogen-bond acceptors (Lipinski definition) is 2. The fourth-order valence-corrected chi connectivity index (χ4v) is 0.846. The van der Waals surface area contributed by atoms with Crippen LogP contribution in [0, 0.1) is 6.92 Å². The SMILES string of the molecule is Cc1ccc(N)c(N=CN)c1.PI. The van der Waals surface area contributed by atoms with Gasteiger partial charge in [0, 0.05) is 0 Å². The molecule has 0 aliphatic heterocycles. The average Bonchev–Trinajstić information content (AvgIpc) is 2.15. The quantitative estimate of drug-likeness (QED) is 0.275. The summed E-state index contributed by atoms with van der Waals surface area (Å²) in [4.78, 5) is 3.89. The van der Waals surface area contributed by atoms with Gasteiger partial charge in [-0.15, -0.1) is 0 Å². The molecule has 4 N–H and O–H groups in total. The van der Waals surface area contributed by atoms with E-state index in [9.17, 15) is 0 Å². The van der Waals surface area contributed by atoms with Gasteiger partial charge < -0.3 is 11.5 Å². The molecule has 0 saturated heterocycles. The normalized spacial score (nSPS) is 9.46. The maximum Gasteiger partial charge on any atom is 0.0879 e. The summed E-state index contributed by atoms with van der Waals surface area (Å²) in [5, 5.41) is 0. The Kier molecular flexibility index (Phi) is 6.90. The number of halogens is 1. The first-order valence-electron chi connectivity index (χ1n) is 3.56. The van der Waals surface area contributed by atoms with E-state index in [-0.39, 0.29) is 0 Å². The van der Waals surface area contributed by atoms with Crippen LogP contribution in [0.5, 0.6) is 0 Å². The van der Waals surface area contributed by atoms with Gasteiger partial charge in [-0.2, -0.15) is 0 Å². The predicted molar refractivity (Wildman–Crippen MR) is 71.7 cm³/mol. The summed E-state index contributed by atoms with van der Waals surface area (Å²) in [5.41, 5.74) is 13.2. The lowest BCUT2D eigenvalue weighted by Crippen LogP contribution is -1.90. The molecule has 0 aliphatic carbocycles. The van der Waals surface area contributed by atoms with Crippen molar-refractivity contribution in [3.63, 3.8) is 0 Å². The second-order valence-corrected chi connectivity index (χ2v) is 2.34. The van der Waals surface area contributed by atoms with Crippen molar-refractivity contribution in [2.24, 2.45) is 10.7 Å². The van der Waals surface area contributed by atoms with Crippen LogP contribution >= 0.6 is 28.9 Å². The van der Waals surface area contributed by atoms with Gasteiger partial charge in [-0.05, 0) is 24.6 Å². The minimum atomic E-state index is 0.650. The van der Waals surface area contributed by atoms with Crippen molar-refractivity contribution >= 4 is 46.6 Å². The van der Waals surface area contributed by atoms with Crippen LogP contribution in [0.2, 0.25) is 0 Å². The summed E-state index contributed by atoms with van der Waals surface area (Å²) < 4.78 is 0. The van der Waals surface area contributed by atoms with Gasteiger partial charge in [0.1, 0.15) is 0 Å². The summed E-state index contributed by atoms with van der Waals surface area (Å²) in [6, 6.07) is 5.64. The molecular weight excluding hydrogens is 296 g/mol. The smallest absolute Gasteiger partial charge is 0.0879 e. The number of nitrogens with two attached hydrogens (primary N) is 2. The topological polar surface area (TPSA) is 64.4 Å². The lowest BCUT2D eigenvalue weighted by molar-refractivity contribution is 1.43. The molecule has 0 aliphatic rings. The molecular formula is C8H13IN3P. The van der Waals surface area contributed by atoms with E-state index in [0.29, 0.717) is 5.69 Å². The third kappa shape index (κ3) is 4.43. The summed E-state index contributed by atoms with van der Waals surface area (Å²) in [6.07, 6.45) is 1.24. The fourth-order valence-electron chi connectivity index (χ4n) is 0.846. The maximum absolute atomic E-state index is 5.61. The summed E-state index contributed by atoms with van der Waals surface area (Å²) in [6.45, 7) is 4.37. The lowest BCUT2D eigenvalue weighted by atomic mass is 10.2. The molecule has 3 nitrogen and oxygen atoms in total. The van der Waals surface area contributed by atoms with Crippen molar-refractivity contribution in [1.29, 1.82) is 0 Å². The Hall–Kier alpha value is -0.350. The largest absolute Gasteiger partial charge is 0.397 e. The van der Waals surface area contributed by atoms with Crippen LogP contribution in [-0.4, -0.2) is 6.34 Å². The zero-order chi connectivity index (χ0) is 10.3. The molecule has 1 aromatic carbocycles. The molecule has 0 amide bonds. The van der Waals surface area contributed by atoms with Gasteiger partial charge >= 0.3 is 0 Å². The number of aryl methyl sites for hydroxylation is 1. The fraction of sp³-hybridized carbons (Fsp3) is 0.125. The van der Waals surface area contributed by atoms with Crippen LogP contribution in [0.25, 0.3) is 0 Å². The third-order valence-electron chi connectivity index (χ3n) is 1.40. The van der Waals surface area contributed by atoms with Gasteiger partial charge in [0.25, 0.3) is 0 Å². The van der Waals surface area contributed by atoms with E-state index in [0.717, 1.165) is 11.3 Å². The first kappa shape index (κ1) is 12.7. The van der Waals surface area contributed by atoms with Gasteiger partial charge in [-0.25, -0.2) is 4.99 Å². The molecule has 5 heteroatoms. The number of anilines is 1. The van der Waals surface area contributed by atoms with Gasteiger partial charge in [-0.1, -0.05) is 35.0 Å². The first-order chi connectivity index (χ1) is 6.24. The molecule has 0 saturated carbocycles. The molecule has 13 heavy (non-hydrogen) atoms. The van der Waals surface area contributed by atoms with Gasteiger partial charge in [0.2, 0.25) is 0 Å². The minimum Gasteiger partial charge on any atom is -0.397 e. The van der Waals surface area contributed by atoms with Crippen LogP contribution in [0.1, 0.15) is 5.56 Å². The van der Waals surface area contributed by atoms with E-state index in [1.807, 2.05) is 25.1 Å². The Morgan fingerprint density at radius 2 is 2.08 bits per heavy atom. The Morgan fingerprint density at radius 1 is 1.46 bits per heavy atom. The van der Waals surface area contributed by atoms with Gasteiger partial charge in [-0.3, -0.25) is 0 Å².